The molecule has 0 amide bonds. The second-order valence-electron chi connectivity index (χ2n) is 8.82. The smallest absolute Gasteiger partial charge is 0.316 e. The molecule has 0 aromatic heterocycles. The first-order valence-corrected chi connectivity index (χ1v) is 11.7. The molecule has 0 aliphatic carbocycles. The van der Waals surface area contributed by atoms with Gasteiger partial charge in [-0.05, 0) is 79.3 Å². The van der Waals surface area contributed by atoms with Crippen molar-refractivity contribution in [3.8, 4) is 11.5 Å². The lowest BCUT2D eigenvalue weighted by molar-refractivity contribution is -0.143. The van der Waals surface area contributed by atoms with Gasteiger partial charge in [0, 0.05) is 5.88 Å². The lowest BCUT2D eigenvalue weighted by atomic mass is 9.88. The summed E-state index contributed by atoms with van der Waals surface area (Å²) in [7, 11) is 0. The minimum Gasteiger partial charge on any atom is -0.486 e. The van der Waals surface area contributed by atoms with Gasteiger partial charge in [-0.25, -0.2) is 0 Å². The van der Waals surface area contributed by atoms with E-state index in [1.165, 1.54) is 0 Å². The Morgan fingerprint density at radius 2 is 1.38 bits per heavy atom. The van der Waals surface area contributed by atoms with Gasteiger partial charge < -0.3 is 9.47 Å². The maximum absolute atomic E-state index is 12.3. The van der Waals surface area contributed by atoms with Gasteiger partial charge in [-0.3, -0.25) is 9.59 Å². The van der Waals surface area contributed by atoms with Crippen molar-refractivity contribution in [1.82, 2.24) is 0 Å². The van der Waals surface area contributed by atoms with Crippen molar-refractivity contribution in [2.45, 2.75) is 27.2 Å². The Labute approximate surface area is 206 Å². The van der Waals surface area contributed by atoms with Gasteiger partial charge in [0.2, 0.25) is 0 Å². The molecule has 0 fully saturated rings. The Bertz CT molecular complexity index is 1130. The number of carbonyl (C=O) groups is 2. The predicted molar refractivity (Wildman–Crippen MR) is 137 cm³/mol. The van der Waals surface area contributed by atoms with Gasteiger partial charge in [0.15, 0.2) is 6.29 Å². The van der Waals surface area contributed by atoms with Crippen LogP contribution >= 0.6 is 11.6 Å². The first-order chi connectivity index (χ1) is 16.3. The number of allylic oxidation sites excluding steroid dienone is 1. The van der Waals surface area contributed by atoms with Gasteiger partial charge in [-0.2, -0.15) is 0 Å². The molecule has 0 saturated carbocycles. The van der Waals surface area contributed by atoms with E-state index in [9.17, 15) is 9.59 Å². The molecule has 0 unspecified atom stereocenters. The van der Waals surface area contributed by atoms with Crippen LogP contribution in [-0.2, 0) is 9.59 Å². The summed E-state index contributed by atoms with van der Waals surface area (Å²) in [5.74, 6) is 1.31. The molecule has 0 heterocycles. The number of esters is 1. The maximum Gasteiger partial charge on any atom is 0.316 e. The number of carbonyl (C=O) groups excluding carboxylic acids is 2. The number of rotatable bonds is 9. The molecule has 4 nitrogen and oxygen atoms in total. The van der Waals surface area contributed by atoms with E-state index in [1.54, 1.807) is 0 Å². The predicted octanol–water partition coefficient (Wildman–Crippen LogP) is 6.80. The van der Waals surface area contributed by atoms with Gasteiger partial charge >= 0.3 is 5.97 Å². The molecular weight excluding hydrogens is 448 g/mol. The molecular formula is C29H29ClO4. The van der Waals surface area contributed by atoms with Crippen LogP contribution in [0.25, 0.3) is 11.1 Å². The molecule has 0 N–H and O–H groups in total. The lowest BCUT2D eigenvalue weighted by Crippen LogP contribution is -2.25. The van der Waals surface area contributed by atoms with Gasteiger partial charge in [0.1, 0.15) is 18.1 Å². The first-order valence-electron chi connectivity index (χ1n) is 11.2. The number of aldehydes is 1. The van der Waals surface area contributed by atoms with E-state index in [-0.39, 0.29) is 12.6 Å². The third-order valence-electron chi connectivity index (χ3n) is 5.20. The zero-order chi connectivity index (χ0) is 24.6. The van der Waals surface area contributed by atoms with E-state index in [0.717, 1.165) is 34.1 Å². The monoisotopic (exact) mass is 476 g/mol. The first kappa shape index (κ1) is 25.3. The second-order valence-corrected chi connectivity index (χ2v) is 9.20. The van der Waals surface area contributed by atoms with Crippen LogP contribution in [0.5, 0.6) is 11.5 Å². The number of hydrogen-bond donors (Lipinski definition) is 0. The SMILES string of the molecule is CC(C)(C)C(=O)Oc1ccc(C(=C(CCCl)c2ccccc2)c2ccc(OCC=O)cc2)cc1. The normalized spacial score (nSPS) is 12.0. The second kappa shape index (κ2) is 11.7. The molecule has 0 aliphatic rings. The molecule has 34 heavy (non-hydrogen) atoms. The summed E-state index contributed by atoms with van der Waals surface area (Å²) in [5.41, 5.74) is 4.60. The van der Waals surface area contributed by atoms with Crippen molar-refractivity contribution in [1.29, 1.82) is 0 Å². The summed E-state index contributed by atoms with van der Waals surface area (Å²) >= 11 is 6.23. The number of hydrogen-bond acceptors (Lipinski definition) is 4. The van der Waals surface area contributed by atoms with Gasteiger partial charge in [-0.1, -0.05) is 54.6 Å². The molecule has 0 aliphatic heterocycles. The van der Waals surface area contributed by atoms with Crippen LogP contribution in [-0.4, -0.2) is 24.7 Å². The minimum absolute atomic E-state index is 0.0122. The van der Waals surface area contributed by atoms with Crippen LogP contribution in [0.4, 0.5) is 0 Å². The van der Waals surface area contributed by atoms with Crippen LogP contribution in [0.2, 0.25) is 0 Å². The third-order valence-corrected chi connectivity index (χ3v) is 5.38. The molecule has 3 rings (SSSR count). The molecule has 5 heteroatoms. The van der Waals surface area contributed by atoms with Crippen LogP contribution in [0.15, 0.2) is 78.9 Å². The van der Waals surface area contributed by atoms with Crippen LogP contribution in [0.3, 0.4) is 0 Å². The molecule has 3 aromatic carbocycles. The maximum atomic E-state index is 12.3. The van der Waals surface area contributed by atoms with E-state index in [4.69, 9.17) is 21.1 Å². The Kier molecular flexibility index (Phi) is 8.67. The largest absolute Gasteiger partial charge is 0.486 e. The molecule has 0 atom stereocenters. The highest BCUT2D eigenvalue weighted by molar-refractivity contribution is 6.18. The van der Waals surface area contributed by atoms with Gasteiger partial charge in [0.25, 0.3) is 0 Å². The van der Waals surface area contributed by atoms with E-state index in [0.29, 0.717) is 23.8 Å². The average molecular weight is 477 g/mol. The van der Waals surface area contributed by atoms with Crippen LogP contribution in [0.1, 0.15) is 43.9 Å². The van der Waals surface area contributed by atoms with E-state index < -0.39 is 5.41 Å². The highest BCUT2D eigenvalue weighted by atomic mass is 35.5. The van der Waals surface area contributed by atoms with Crippen LogP contribution < -0.4 is 9.47 Å². The number of benzene rings is 3. The number of ether oxygens (including phenoxy) is 2. The van der Waals surface area contributed by atoms with Crippen LogP contribution in [0, 0.1) is 5.41 Å². The Morgan fingerprint density at radius 3 is 1.88 bits per heavy atom. The fraction of sp³-hybridized carbons (Fsp3) is 0.241. The topological polar surface area (TPSA) is 52.6 Å². The van der Waals surface area contributed by atoms with Crippen molar-refractivity contribution >= 4 is 35.0 Å². The number of halogens is 1. The molecule has 0 spiro atoms. The number of alkyl halides is 1. The summed E-state index contributed by atoms with van der Waals surface area (Å²) in [5, 5.41) is 0. The minimum atomic E-state index is -0.585. The molecule has 3 aromatic rings. The quantitative estimate of drug-likeness (QED) is 0.112. The van der Waals surface area contributed by atoms with Crippen molar-refractivity contribution < 1.29 is 19.1 Å². The third kappa shape index (κ3) is 6.58. The Balaban J connectivity index is 2.08. The van der Waals surface area contributed by atoms with Gasteiger partial charge in [-0.15, -0.1) is 11.6 Å². The van der Waals surface area contributed by atoms with Gasteiger partial charge in [0.05, 0.1) is 5.41 Å². The zero-order valence-corrected chi connectivity index (χ0v) is 20.5. The van der Waals surface area contributed by atoms with Crippen molar-refractivity contribution in [3.05, 3.63) is 95.6 Å². The van der Waals surface area contributed by atoms with Crippen molar-refractivity contribution in [3.63, 3.8) is 0 Å². The highest BCUT2D eigenvalue weighted by Crippen LogP contribution is 2.36. The summed E-state index contributed by atoms with van der Waals surface area (Å²) in [6, 6.07) is 25.3. The highest BCUT2D eigenvalue weighted by Gasteiger charge is 2.24. The van der Waals surface area contributed by atoms with E-state index in [2.05, 4.69) is 12.1 Å². The molecule has 0 saturated heterocycles. The molecule has 176 valence electrons. The van der Waals surface area contributed by atoms with Crippen molar-refractivity contribution in [2.24, 2.45) is 5.41 Å². The molecule has 0 radical (unpaired) electrons. The van der Waals surface area contributed by atoms with E-state index in [1.807, 2.05) is 87.5 Å². The fourth-order valence-corrected chi connectivity index (χ4v) is 3.65. The average Bonchev–Trinajstić information content (AvgIpc) is 2.84. The zero-order valence-electron chi connectivity index (χ0n) is 19.7. The summed E-state index contributed by atoms with van der Waals surface area (Å²) in [4.78, 5) is 22.9. The summed E-state index contributed by atoms with van der Waals surface area (Å²) in [6.07, 6.45) is 1.40. The summed E-state index contributed by atoms with van der Waals surface area (Å²) in [6.45, 7) is 5.49. The summed E-state index contributed by atoms with van der Waals surface area (Å²) < 4.78 is 11.0. The molecule has 0 bridgehead atoms. The Morgan fingerprint density at radius 1 is 0.824 bits per heavy atom. The van der Waals surface area contributed by atoms with Crippen molar-refractivity contribution in [2.75, 3.05) is 12.5 Å². The standard InChI is InChI=1S/C29H29ClO4/c1-29(2,3)28(32)34-25-15-11-23(12-16-25)27(22-9-13-24(14-10-22)33-20-19-31)26(17-18-30)21-7-5-4-6-8-21/h4-16,19H,17-18,20H2,1-3H3. The fourth-order valence-electron chi connectivity index (χ4n) is 3.46. The lowest BCUT2D eigenvalue weighted by Gasteiger charge is -2.19. The Hall–Kier alpha value is -3.37. The van der Waals surface area contributed by atoms with E-state index >= 15 is 0 Å².